The number of aromatic nitrogens is 2. The van der Waals surface area contributed by atoms with Crippen molar-refractivity contribution in [2.45, 2.75) is 38.0 Å². The molecule has 3 aromatic rings. The van der Waals surface area contributed by atoms with Crippen LogP contribution in [-0.4, -0.2) is 28.7 Å². The Labute approximate surface area is 201 Å². The molecule has 0 unspecified atom stereocenters. The lowest BCUT2D eigenvalue weighted by Gasteiger charge is -2.18. The molecule has 0 spiro atoms. The highest BCUT2D eigenvalue weighted by molar-refractivity contribution is 7.99. The topological polar surface area (TPSA) is 67.4 Å². The van der Waals surface area contributed by atoms with Gasteiger partial charge in [0, 0.05) is 17.9 Å². The summed E-state index contributed by atoms with van der Waals surface area (Å²) in [6.07, 6.45) is 1.17. The van der Waals surface area contributed by atoms with E-state index in [-0.39, 0.29) is 23.9 Å². The molecule has 1 amide bonds. The van der Waals surface area contributed by atoms with Gasteiger partial charge in [-0.1, -0.05) is 48.5 Å². The molecule has 0 saturated heterocycles. The van der Waals surface area contributed by atoms with E-state index in [0.29, 0.717) is 28.9 Å². The molecule has 0 fully saturated rings. The Kier molecular flexibility index (Phi) is 7.35. The largest absolute Gasteiger partial charge is 0.497 e. The molecular weight excluding hydrogens is 463 g/mol. The van der Waals surface area contributed by atoms with Gasteiger partial charge >= 0.3 is 0 Å². The lowest BCUT2D eigenvalue weighted by Crippen LogP contribution is -2.26. The Bertz CT molecular complexity index is 1160. The number of hydrogen-bond acceptors (Lipinski definition) is 6. The zero-order chi connectivity index (χ0) is 23.4. The van der Waals surface area contributed by atoms with Crippen LogP contribution < -0.4 is 15.0 Å². The fourth-order valence-electron chi connectivity index (χ4n) is 3.52. The number of halogens is 2. The van der Waals surface area contributed by atoms with Crippen molar-refractivity contribution in [1.29, 1.82) is 0 Å². The fraction of sp³-hybridized carbons (Fsp3) is 0.292. The van der Waals surface area contributed by atoms with E-state index in [2.05, 4.69) is 17.2 Å². The van der Waals surface area contributed by atoms with E-state index in [1.807, 2.05) is 24.3 Å². The monoisotopic (exact) mass is 486 g/mol. The van der Waals surface area contributed by atoms with Crippen LogP contribution in [0.2, 0.25) is 5.02 Å². The van der Waals surface area contributed by atoms with Gasteiger partial charge in [-0.3, -0.25) is 9.69 Å². The van der Waals surface area contributed by atoms with Gasteiger partial charge in [-0.15, -0.1) is 0 Å². The number of carbonyl (C=O) groups excluding carboxylic acids is 1. The van der Waals surface area contributed by atoms with E-state index in [4.69, 9.17) is 21.3 Å². The van der Waals surface area contributed by atoms with Crippen molar-refractivity contribution in [3.05, 3.63) is 70.0 Å². The number of nitrogens with one attached hydrogen (secondary N) is 1. The van der Waals surface area contributed by atoms with Crippen molar-refractivity contribution in [2.24, 2.45) is 0 Å². The van der Waals surface area contributed by atoms with Gasteiger partial charge in [-0.05, 0) is 41.8 Å². The summed E-state index contributed by atoms with van der Waals surface area (Å²) < 4.78 is 19.2. The number of nitrogens with zero attached hydrogens (tertiary/aromatic N) is 3. The zero-order valence-electron chi connectivity index (χ0n) is 18.4. The Morgan fingerprint density at radius 2 is 1.94 bits per heavy atom. The van der Waals surface area contributed by atoms with Gasteiger partial charge < -0.3 is 10.1 Å². The van der Waals surface area contributed by atoms with Gasteiger partial charge in [0.1, 0.15) is 23.2 Å². The molecule has 0 atom stereocenters. The van der Waals surface area contributed by atoms with Crippen molar-refractivity contribution in [3.8, 4) is 5.75 Å². The summed E-state index contributed by atoms with van der Waals surface area (Å²) in [5.74, 6) is 2.27. The molecule has 33 heavy (non-hydrogen) atoms. The van der Waals surface area contributed by atoms with Gasteiger partial charge in [0.15, 0.2) is 5.16 Å². The summed E-state index contributed by atoms with van der Waals surface area (Å²) in [5.41, 5.74) is 2.46. The summed E-state index contributed by atoms with van der Waals surface area (Å²) in [7, 11) is 1.63. The summed E-state index contributed by atoms with van der Waals surface area (Å²) in [6, 6.07) is 12.3. The highest BCUT2D eigenvalue weighted by atomic mass is 35.5. The van der Waals surface area contributed by atoms with Gasteiger partial charge in [0.2, 0.25) is 5.91 Å². The average molecular weight is 487 g/mol. The van der Waals surface area contributed by atoms with Gasteiger partial charge in [0.25, 0.3) is 0 Å². The molecule has 1 aromatic heterocycles. The van der Waals surface area contributed by atoms with Crippen molar-refractivity contribution in [3.63, 3.8) is 0 Å². The molecule has 9 heteroatoms. The quantitative estimate of drug-likeness (QED) is 0.319. The van der Waals surface area contributed by atoms with E-state index in [1.165, 1.54) is 12.1 Å². The fourth-order valence-corrected chi connectivity index (χ4v) is 4.33. The second-order valence-electron chi connectivity index (χ2n) is 7.61. The molecule has 6 nitrogen and oxygen atoms in total. The number of ether oxygens (including phenoxy) is 1. The van der Waals surface area contributed by atoms with E-state index >= 15 is 0 Å². The number of methoxy groups -OCH3 is 1. The number of hydrogen-bond donors (Lipinski definition) is 1. The van der Waals surface area contributed by atoms with Crippen LogP contribution in [0.15, 0.2) is 47.6 Å². The molecule has 0 aliphatic carbocycles. The molecule has 2 aromatic carbocycles. The second-order valence-corrected chi connectivity index (χ2v) is 9.08. The summed E-state index contributed by atoms with van der Waals surface area (Å²) in [4.78, 5) is 23.9. The average Bonchev–Trinajstić information content (AvgIpc) is 3.14. The van der Waals surface area contributed by atoms with Crippen LogP contribution in [0.3, 0.4) is 0 Å². The van der Waals surface area contributed by atoms with Gasteiger partial charge in [-0.25, -0.2) is 14.4 Å². The molecule has 0 bridgehead atoms. The van der Waals surface area contributed by atoms with Crippen LogP contribution >= 0.6 is 23.4 Å². The van der Waals surface area contributed by atoms with E-state index < -0.39 is 5.82 Å². The number of rotatable bonds is 9. The molecule has 0 radical (unpaired) electrons. The summed E-state index contributed by atoms with van der Waals surface area (Å²) in [6.45, 7) is 2.85. The van der Waals surface area contributed by atoms with E-state index in [0.717, 1.165) is 29.1 Å². The Balaban J connectivity index is 1.62. The van der Waals surface area contributed by atoms with Crippen LogP contribution in [0.4, 0.5) is 16.0 Å². The molecule has 0 saturated carbocycles. The van der Waals surface area contributed by atoms with Crippen molar-refractivity contribution in [2.75, 3.05) is 23.1 Å². The van der Waals surface area contributed by atoms with Crippen LogP contribution in [0.1, 0.15) is 30.0 Å². The number of fused-ring (bicyclic) bond motifs is 1. The highest BCUT2D eigenvalue weighted by Crippen LogP contribution is 2.35. The minimum absolute atomic E-state index is 0.0532. The van der Waals surface area contributed by atoms with Crippen LogP contribution in [0.5, 0.6) is 5.75 Å². The van der Waals surface area contributed by atoms with Crippen LogP contribution in [0, 0.1) is 5.82 Å². The number of anilines is 2. The normalized spacial score (nSPS) is 12.7. The summed E-state index contributed by atoms with van der Waals surface area (Å²) >= 11 is 7.35. The molecule has 1 N–H and O–H groups in total. The van der Waals surface area contributed by atoms with Crippen LogP contribution in [-0.2, 0) is 24.3 Å². The maximum Gasteiger partial charge on any atom is 0.233 e. The number of thioether (sulfide) groups is 1. The Morgan fingerprint density at radius 1 is 1.18 bits per heavy atom. The third-order valence-electron chi connectivity index (χ3n) is 5.23. The summed E-state index contributed by atoms with van der Waals surface area (Å²) in [5, 5.41) is 4.04. The Hall–Kier alpha value is -2.84. The lowest BCUT2D eigenvalue weighted by molar-refractivity contribution is -0.117. The first-order chi connectivity index (χ1) is 16.0. The molecular formula is C24H24ClFN4O2S. The predicted molar refractivity (Wildman–Crippen MR) is 130 cm³/mol. The smallest absolute Gasteiger partial charge is 0.233 e. The number of carbonyl (C=O) groups is 1. The number of benzene rings is 2. The lowest BCUT2D eigenvalue weighted by atomic mass is 10.2. The predicted octanol–water partition coefficient (Wildman–Crippen LogP) is 5.48. The Morgan fingerprint density at radius 3 is 2.64 bits per heavy atom. The van der Waals surface area contributed by atoms with Crippen molar-refractivity contribution in [1.82, 2.24) is 9.97 Å². The minimum atomic E-state index is -0.509. The molecule has 4 rings (SSSR count). The zero-order valence-corrected chi connectivity index (χ0v) is 20.0. The molecule has 1 aliphatic rings. The highest BCUT2D eigenvalue weighted by Gasteiger charge is 2.32. The van der Waals surface area contributed by atoms with Crippen molar-refractivity contribution >= 4 is 40.9 Å². The van der Waals surface area contributed by atoms with E-state index in [9.17, 15) is 9.18 Å². The second kappa shape index (κ2) is 10.4. The third-order valence-corrected chi connectivity index (χ3v) is 6.59. The maximum absolute atomic E-state index is 13.9. The first kappa shape index (κ1) is 23.3. The standard InChI is InChI=1S/C24H24ClFN4O2S/c1-3-10-33-24-28-22(27-13-15-4-7-17(32-2)8-5-15)18-12-21(31)30(23(18)29-24)14-16-6-9-19(25)20(26)11-16/h4-9,11H,3,10,12-14H2,1-2H3,(H,27,28,29). The first-order valence-corrected chi connectivity index (χ1v) is 12.0. The van der Waals surface area contributed by atoms with E-state index in [1.54, 1.807) is 29.8 Å². The van der Waals surface area contributed by atoms with Crippen LogP contribution in [0.25, 0.3) is 0 Å². The minimum Gasteiger partial charge on any atom is -0.497 e. The number of amides is 1. The SMILES string of the molecule is CCCSc1nc(NCc2ccc(OC)cc2)c2c(n1)N(Cc1ccc(Cl)c(F)c1)C(=O)C2. The van der Waals surface area contributed by atoms with Gasteiger partial charge in [-0.2, -0.15) is 0 Å². The van der Waals surface area contributed by atoms with Crippen molar-refractivity contribution < 1.29 is 13.9 Å². The molecule has 1 aliphatic heterocycles. The molecule has 2 heterocycles. The maximum atomic E-state index is 13.9. The van der Waals surface area contributed by atoms with Gasteiger partial charge in [0.05, 0.1) is 25.1 Å². The third kappa shape index (κ3) is 5.39. The first-order valence-electron chi connectivity index (χ1n) is 10.6. The molecule has 172 valence electrons.